The maximum Gasteiger partial charge on any atom is 0.333 e. The predicted octanol–water partition coefficient (Wildman–Crippen LogP) is 1.81. The zero-order valence-corrected chi connectivity index (χ0v) is 12.8. The molecule has 1 aromatic carbocycles. The van der Waals surface area contributed by atoms with Crippen LogP contribution in [0.15, 0.2) is 41.3 Å². The molecule has 0 saturated carbocycles. The van der Waals surface area contributed by atoms with Crippen LogP contribution >= 0.6 is 0 Å². The van der Waals surface area contributed by atoms with Crippen molar-refractivity contribution < 1.29 is 27.1 Å². The van der Waals surface area contributed by atoms with E-state index in [1.54, 1.807) is 0 Å². The molecule has 0 saturated heterocycles. The van der Waals surface area contributed by atoms with Crippen LogP contribution in [-0.2, 0) is 23.8 Å². The molecule has 0 spiro atoms. The van der Waals surface area contributed by atoms with Crippen molar-refractivity contribution in [2.45, 2.75) is 24.8 Å². The van der Waals surface area contributed by atoms with Gasteiger partial charge in [-0.1, -0.05) is 6.58 Å². The molecule has 0 bridgehead atoms. The van der Waals surface area contributed by atoms with Crippen molar-refractivity contribution in [2.75, 3.05) is 6.61 Å². The molecule has 22 heavy (non-hydrogen) atoms. The van der Waals surface area contributed by atoms with Gasteiger partial charge in [0.2, 0.25) is 0 Å². The fraction of sp³-hybridized carbons (Fsp3) is 0.308. The van der Waals surface area contributed by atoms with Crippen LogP contribution in [0, 0.1) is 10.1 Å². The summed E-state index contributed by atoms with van der Waals surface area (Å²) in [6.07, 6.45) is -0.913. The van der Waals surface area contributed by atoms with Crippen LogP contribution < -0.4 is 0 Å². The third-order valence-electron chi connectivity index (χ3n) is 2.42. The first kappa shape index (κ1) is 17.8. The number of esters is 1. The van der Waals surface area contributed by atoms with Gasteiger partial charge >= 0.3 is 5.97 Å². The second kappa shape index (κ2) is 7.14. The first-order valence-corrected chi connectivity index (χ1v) is 7.54. The summed E-state index contributed by atoms with van der Waals surface area (Å²) < 4.78 is 33.5. The summed E-state index contributed by atoms with van der Waals surface area (Å²) in [6, 6.07) is 4.25. The van der Waals surface area contributed by atoms with Gasteiger partial charge in [0.1, 0.15) is 12.7 Å². The van der Waals surface area contributed by atoms with E-state index in [2.05, 4.69) is 6.58 Å². The molecular weight excluding hydrogens is 314 g/mol. The van der Waals surface area contributed by atoms with Crippen molar-refractivity contribution in [2.24, 2.45) is 0 Å². The maximum atomic E-state index is 12.0. The largest absolute Gasteiger partial charge is 0.460 e. The third-order valence-corrected chi connectivity index (χ3v) is 3.86. The number of rotatable bonds is 7. The fourth-order valence-corrected chi connectivity index (χ4v) is 2.42. The summed E-state index contributed by atoms with van der Waals surface area (Å²) in [5, 5.41) is 10.5. The second-order valence-electron chi connectivity index (χ2n) is 4.49. The molecule has 1 rings (SSSR count). The Balaban J connectivity index is 2.72. The Morgan fingerprint density at radius 3 is 2.36 bits per heavy atom. The van der Waals surface area contributed by atoms with Crippen molar-refractivity contribution in [1.82, 2.24) is 0 Å². The number of hydrogen-bond acceptors (Lipinski definition) is 7. The van der Waals surface area contributed by atoms with Crippen LogP contribution in [0.3, 0.4) is 0 Å². The summed E-state index contributed by atoms with van der Waals surface area (Å²) >= 11 is 0. The molecule has 0 N–H and O–H groups in total. The van der Waals surface area contributed by atoms with E-state index in [4.69, 9.17) is 8.92 Å². The molecule has 1 aromatic rings. The highest BCUT2D eigenvalue weighted by molar-refractivity contribution is 7.86. The normalized spacial score (nSPS) is 12.5. The average molecular weight is 329 g/mol. The van der Waals surface area contributed by atoms with Gasteiger partial charge < -0.3 is 4.74 Å². The summed E-state index contributed by atoms with van der Waals surface area (Å²) in [7, 11) is -4.11. The molecular formula is C13H15NO7S. The molecule has 120 valence electrons. The SMILES string of the molecule is C=C(C)C(=O)OCC(C)OS(=O)(=O)c1ccc([N+](=O)[O-])cc1. The number of non-ortho nitro benzene ring substituents is 1. The number of benzene rings is 1. The van der Waals surface area contributed by atoms with Crippen LogP contribution in [0.2, 0.25) is 0 Å². The fourth-order valence-electron chi connectivity index (χ4n) is 1.35. The minimum atomic E-state index is -4.11. The molecule has 0 amide bonds. The lowest BCUT2D eigenvalue weighted by molar-refractivity contribution is -0.384. The van der Waals surface area contributed by atoms with Crippen LogP contribution in [-0.4, -0.2) is 32.0 Å². The van der Waals surface area contributed by atoms with Crippen molar-refractivity contribution in [1.29, 1.82) is 0 Å². The van der Waals surface area contributed by atoms with Crippen LogP contribution in [0.1, 0.15) is 13.8 Å². The highest BCUT2D eigenvalue weighted by Crippen LogP contribution is 2.18. The van der Waals surface area contributed by atoms with E-state index in [1.165, 1.54) is 13.8 Å². The van der Waals surface area contributed by atoms with E-state index in [0.717, 1.165) is 24.3 Å². The summed E-state index contributed by atoms with van der Waals surface area (Å²) in [5.41, 5.74) is -0.0483. The second-order valence-corrected chi connectivity index (χ2v) is 6.06. The summed E-state index contributed by atoms with van der Waals surface area (Å²) in [5.74, 6) is -0.650. The summed E-state index contributed by atoms with van der Waals surface area (Å²) in [4.78, 5) is 20.8. The van der Waals surface area contributed by atoms with Gasteiger partial charge in [0.05, 0.1) is 9.82 Å². The molecule has 8 nitrogen and oxygen atoms in total. The average Bonchev–Trinajstić information content (AvgIpc) is 2.44. The van der Waals surface area contributed by atoms with E-state index in [-0.39, 0.29) is 22.8 Å². The smallest absolute Gasteiger partial charge is 0.333 e. The predicted molar refractivity (Wildman–Crippen MR) is 76.6 cm³/mol. The number of hydrogen-bond donors (Lipinski definition) is 0. The van der Waals surface area contributed by atoms with Gasteiger partial charge in [0, 0.05) is 17.7 Å². The van der Waals surface area contributed by atoms with Gasteiger partial charge in [-0.3, -0.25) is 14.3 Å². The van der Waals surface area contributed by atoms with Gasteiger partial charge in [0.15, 0.2) is 0 Å². The number of carbonyl (C=O) groups excluding carboxylic acids is 1. The lowest BCUT2D eigenvalue weighted by atomic mass is 10.3. The Morgan fingerprint density at radius 2 is 1.91 bits per heavy atom. The number of carbonyl (C=O) groups is 1. The Morgan fingerprint density at radius 1 is 1.36 bits per heavy atom. The standard InChI is InChI=1S/C13H15NO7S/c1-9(2)13(15)20-8-10(3)21-22(18,19)12-6-4-11(5-7-12)14(16)17/h4-7,10H,1,8H2,2-3H3. The highest BCUT2D eigenvalue weighted by Gasteiger charge is 2.21. The molecule has 0 aromatic heterocycles. The van der Waals surface area contributed by atoms with E-state index >= 15 is 0 Å². The van der Waals surface area contributed by atoms with Crippen molar-refractivity contribution in [3.63, 3.8) is 0 Å². The van der Waals surface area contributed by atoms with Crippen LogP contribution in [0.4, 0.5) is 5.69 Å². The molecule has 9 heteroatoms. The van der Waals surface area contributed by atoms with Gasteiger partial charge in [-0.25, -0.2) is 4.79 Å². The van der Waals surface area contributed by atoms with Gasteiger partial charge in [0.25, 0.3) is 15.8 Å². The lowest BCUT2D eigenvalue weighted by Gasteiger charge is -2.13. The van der Waals surface area contributed by atoms with Gasteiger partial charge in [-0.2, -0.15) is 8.42 Å². The molecule has 0 radical (unpaired) electrons. The monoisotopic (exact) mass is 329 g/mol. The molecule has 0 aliphatic carbocycles. The first-order chi connectivity index (χ1) is 10.1. The quantitative estimate of drug-likeness (QED) is 0.246. The molecule has 0 aliphatic rings. The van der Waals surface area contributed by atoms with Gasteiger partial charge in [-0.05, 0) is 26.0 Å². The zero-order valence-electron chi connectivity index (χ0n) is 12.0. The molecule has 1 atom stereocenters. The van der Waals surface area contributed by atoms with E-state index < -0.39 is 27.1 Å². The van der Waals surface area contributed by atoms with E-state index in [9.17, 15) is 23.3 Å². The topological polar surface area (TPSA) is 113 Å². The minimum Gasteiger partial charge on any atom is -0.460 e. The number of nitro benzene ring substituents is 1. The minimum absolute atomic E-state index is 0.186. The van der Waals surface area contributed by atoms with Gasteiger partial charge in [-0.15, -0.1) is 0 Å². The molecule has 1 unspecified atom stereocenters. The zero-order chi connectivity index (χ0) is 16.9. The Bertz CT molecular complexity index is 679. The highest BCUT2D eigenvalue weighted by atomic mass is 32.2. The number of nitro groups is 1. The number of ether oxygens (including phenoxy) is 1. The van der Waals surface area contributed by atoms with Crippen molar-refractivity contribution >= 4 is 21.8 Å². The van der Waals surface area contributed by atoms with E-state index in [0.29, 0.717) is 0 Å². The maximum absolute atomic E-state index is 12.0. The van der Waals surface area contributed by atoms with E-state index in [1.807, 2.05) is 0 Å². The van der Waals surface area contributed by atoms with Crippen LogP contribution in [0.5, 0.6) is 0 Å². The van der Waals surface area contributed by atoms with Crippen molar-refractivity contribution in [3.05, 3.63) is 46.5 Å². The lowest BCUT2D eigenvalue weighted by Crippen LogP contribution is -2.22. The molecule has 0 fully saturated rings. The summed E-state index contributed by atoms with van der Waals surface area (Å²) in [6.45, 7) is 5.99. The first-order valence-electron chi connectivity index (χ1n) is 6.14. The number of nitrogens with zero attached hydrogens (tertiary/aromatic N) is 1. The van der Waals surface area contributed by atoms with Crippen molar-refractivity contribution in [3.8, 4) is 0 Å². The Hall–Kier alpha value is -2.26. The Labute approximate surface area is 127 Å². The Kier molecular flexibility index (Phi) is 5.77. The third kappa shape index (κ3) is 4.93. The molecule has 0 aliphatic heterocycles. The molecule has 0 heterocycles. The van der Waals surface area contributed by atoms with Crippen LogP contribution in [0.25, 0.3) is 0 Å².